The Morgan fingerprint density at radius 3 is 2.07 bits per heavy atom. The topological polar surface area (TPSA) is 64.6 Å². The summed E-state index contributed by atoms with van der Waals surface area (Å²) in [6.07, 6.45) is -0.178. The van der Waals surface area contributed by atoms with E-state index in [0.717, 1.165) is 17.4 Å². The summed E-state index contributed by atoms with van der Waals surface area (Å²) in [5, 5.41) is 2.79. The van der Waals surface area contributed by atoms with Crippen molar-refractivity contribution in [3.05, 3.63) is 71.8 Å². The van der Waals surface area contributed by atoms with Gasteiger partial charge in [0, 0.05) is 0 Å². The number of rotatable bonds is 8. The van der Waals surface area contributed by atoms with Crippen LogP contribution in [0.3, 0.4) is 0 Å². The van der Waals surface area contributed by atoms with E-state index in [-0.39, 0.29) is 6.61 Å². The summed E-state index contributed by atoms with van der Waals surface area (Å²) < 4.78 is 11.1. The molecule has 0 saturated heterocycles. The third-order valence-corrected chi connectivity index (χ3v) is 3.82. The Kier molecular flexibility index (Phi) is 7.55. The molecule has 0 bridgehead atoms. The van der Waals surface area contributed by atoms with Crippen LogP contribution in [0.25, 0.3) is 0 Å². The van der Waals surface area contributed by atoms with Gasteiger partial charge < -0.3 is 19.6 Å². The summed E-state index contributed by atoms with van der Waals surface area (Å²) >= 11 is 0. The molecule has 0 aliphatic heterocycles. The average Bonchev–Trinajstić information content (AvgIpc) is 2.62. The molecule has 5 nitrogen and oxygen atoms in total. The highest BCUT2D eigenvalue weighted by Gasteiger charge is 2.26. The van der Waals surface area contributed by atoms with Gasteiger partial charge in [-0.3, -0.25) is 0 Å². The zero-order valence-electron chi connectivity index (χ0n) is 16.1. The predicted molar refractivity (Wildman–Crippen MR) is 104 cm³/mol. The highest BCUT2D eigenvalue weighted by molar-refractivity contribution is 5.69. The molecule has 0 aliphatic rings. The molecule has 0 aromatic heterocycles. The van der Waals surface area contributed by atoms with Gasteiger partial charge in [-0.15, -0.1) is 0 Å². The third kappa shape index (κ3) is 7.62. The van der Waals surface area contributed by atoms with Crippen molar-refractivity contribution < 1.29 is 19.1 Å². The molecule has 0 saturated carbocycles. The third-order valence-electron chi connectivity index (χ3n) is 3.82. The largest absolute Gasteiger partial charge is 0.444 e. The Labute approximate surface area is 160 Å². The van der Waals surface area contributed by atoms with E-state index in [1.807, 2.05) is 60.7 Å². The van der Waals surface area contributed by atoms with Crippen LogP contribution in [0.15, 0.2) is 60.7 Å². The summed E-state index contributed by atoms with van der Waals surface area (Å²) in [5.41, 5.74) is 1.33. The second-order valence-electron chi connectivity index (χ2n) is 7.34. The van der Waals surface area contributed by atoms with Crippen LogP contribution in [0.1, 0.15) is 31.9 Å². The molecule has 2 aromatic rings. The van der Waals surface area contributed by atoms with Crippen LogP contribution >= 0.6 is 0 Å². The van der Waals surface area contributed by atoms with Crippen LogP contribution in [0, 0.1) is 0 Å². The number of carbonyl (C=O) groups excluding carboxylic acids is 2. The molecule has 2 rings (SSSR count). The summed E-state index contributed by atoms with van der Waals surface area (Å²) in [6, 6.07) is 18.7. The zero-order chi connectivity index (χ0) is 19.7. The van der Waals surface area contributed by atoms with E-state index < -0.39 is 23.8 Å². The molecule has 27 heavy (non-hydrogen) atoms. The van der Waals surface area contributed by atoms with Crippen molar-refractivity contribution in [1.29, 1.82) is 0 Å². The van der Waals surface area contributed by atoms with Crippen LogP contribution in [0.2, 0.25) is 0 Å². The normalized spacial score (nSPS) is 13.4. The number of amides is 1. The fraction of sp³-hybridized carbons (Fsp3) is 0.364. The number of alkyl carbamates (subject to hydrolysis) is 1. The van der Waals surface area contributed by atoms with Crippen molar-refractivity contribution in [2.45, 2.75) is 51.5 Å². The van der Waals surface area contributed by atoms with E-state index >= 15 is 0 Å². The number of nitrogens with one attached hydrogen (secondary N) is 1. The first-order valence-corrected chi connectivity index (χ1v) is 9.01. The van der Waals surface area contributed by atoms with E-state index in [1.165, 1.54) is 0 Å². The van der Waals surface area contributed by atoms with Crippen LogP contribution in [-0.4, -0.2) is 30.1 Å². The Morgan fingerprint density at radius 2 is 1.56 bits per heavy atom. The molecule has 0 unspecified atom stereocenters. The first-order valence-electron chi connectivity index (χ1n) is 9.01. The van der Waals surface area contributed by atoms with Gasteiger partial charge in [-0.05, 0) is 38.3 Å². The Morgan fingerprint density at radius 1 is 1.00 bits per heavy atom. The second-order valence-corrected chi connectivity index (χ2v) is 7.34. The maximum Gasteiger partial charge on any atom is 0.407 e. The monoisotopic (exact) mass is 369 g/mol. The highest BCUT2D eigenvalue weighted by atomic mass is 16.6. The lowest BCUT2D eigenvalue weighted by Crippen LogP contribution is -2.48. The fourth-order valence-corrected chi connectivity index (χ4v) is 2.59. The molecule has 1 amide bonds. The molecular formula is C22H27NO4. The molecule has 144 valence electrons. The van der Waals surface area contributed by atoms with Crippen LogP contribution in [0.5, 0.6) is 0 Å². The number of carbonyl (C=O) groups is 2. The minimum atomic E-state index is -0.794. The Hall–Kier alpha value is -2.66. The molecule has 2 atom stereocenters. The van der Waals surface area contributed by atoms with Gasteiger partial charge in [-0.25, -0.2) is 4.79 Å². The number of aldehydes is 1. The SMILES string of the molecule is CC(C)(C)OC(=O)N[C@@H](Cc1ccccc1)[C@@H](C=O)OCc1ccccc1. The average molecular weight is 369 g/mol. The van der Waals surface area contributed by atoms with Crippen LogP contribution < -0.4 is 5.32 Å². The molecule has 1 N–H and O–H groups in total. The summed E-state index contributed by atoms with van der Waals surface area (Å²) in [6.45, 7) is 5.66. The second kappa shape index (κ2) is 9.88. The lowest BCUT2D eigenvalue weighted by atomic mass is 10.0. The van der Waals surface area contributed by atoms with Crippen molar-refractivity contribution in [2.24, 2.45) is 0 Å². The predicted octanol–water partition coefficient (Wildman–Crippen LogP) is 3.91. The van der Waals surface area contributed by atoms with Gasteiger partial charge in [0.05, 0.1) is 12.6 Å². The van der Waals surface area contributed by atoms with Gasteiger partial charge >= 0.3 is 6.09 Å². The molecule has 2 aromatic carbocycles. The van der Waals surface area contributed by atoms with Crippen molar-refractivity contribution in [3.63, 3.8) is 0 Å². The maximum absolute atomic E-state index is 12.2. The van der Waals surface area contributed by atoms with Gasteiger partial charge in [-0.2, -0.15) is 0 Å². The van der Waals surface area contributed by atoms with E-state index in [9.17, 15) is 9.59 Å². The quantitative estimate of drug-likeness (QED) is 0.717. The fourth-order valence-electron chi connectivity index (χ4n) is 2.59. The Balaban J connectivity index is 2.10. The van der Waals surface area contributed by atoms with E-state index in [2.05, 4.69) is 5.32 Å². The number of hydrogen-bond donors (Lipinski definition) is 1. The number of hydrogen-bond acceptors (Lipinski definition) is 4. The molecule has 5 heteroatoms. The van der Waals surface area contributed by atoms with Gasteiger partial charge in [-0.1, -0.05) is 60.7 Å². The molecular weight excluding hydrogens is 342 g/mol. The lowest BCUT2D eigenvalue weighted by molar-refractivity contribution is -0.120. The molecule has 0 fully saturated rings. The smallest absolute Gasteiger partial charge is 0.407 e. The highest BCUT2D eigenvalue weighted by Crippen LogP contribution is 2.13. The summed E-state index contributed by atoms with van der Waals surface area (Å²) in [7, 11) is 0. The minimum absolute atomic E-state index is 0.283. The maximum atomic E-state index is 12.2. The summed E-state index contributed by atoms with van der Waals surface area (Å²) in [5.74, 6) is 0. The number of benzene rings is 2. The van der Waals surface area contributed by atoms with Crippen LogP contribution in [-0.2, 0) is 27.3 Å². The molecule has 0 heterocycles. The molecule has 0 spiro atoms. The molecule has 0 radical (unpaired) electrons. The lowest BCUT2D eigenvalue weighted by Gasteiger charge is -2.27. The van der Waals surface area contributed by atoms with Gasteiger partial charge in [0.25, 0.3) is 0 Å². The van der Waals surface area contributed by atoms with Crippen molar-refractivity contribution in [2.75, 3.05) is 0 Å². The van der Waals surface area contributed by atoms with Crippen molar-refractivity contribution in [3.8, 4) is 0 Å². The van der Waals surface area contributed by atoms with Gasteiger partial charge in [0.1, 0.15) is 11.7 Å². The van der Waals surface area contributed by atoms with Crippen LogP contribution in [0.4, 0.5) is 4.79 Å². The first-order chi connectivity index (χ1) is 12.9. The van der Waals surface area contributed by atoms with Gasteiger partial charge in [0.2, 0.25) is 0 Å². The number of ether oxygens (including phenoxy) is 2. The standard InChI is InChI=1S/C22H27NO4/c1-22(2,3)27-21(25)23-19(14-17-10-6-4-7-11-17)20(15-24)26-16-18-12-8-5-9-13-18/h4-13,15,19-20H,14,16H2,1-3H3,(H,23,25)/t19-,20+/m0/s1. The Bertz CT molecular complexity index is 710. The zero-order valence-corrected chi connectivity index (χ0v) is 16.1. The first kappa shape index (κ1) is 20.6. The minimum Gasteiger partial charge on any atom is -0.444 e. The summed E-state index contributed by atoms with van der Waals surface area (Å²) in [4.78, 5) is 24.0. The van der Waals surface area contributed by atoms with E-state index in [0.29, 0.717) is 6.42 Å². The van der Waals surface area contributed by atoms with E-state index in [4.69, 9.17) is 9.47 Å². The van der Waals surface area contributed by atoms with Crippen molar-refractivity contribution >= 4 is 12.4 Å². The molecule has 0 aliphatic carbocycles. The van der Waals surface area contributed by atoms with Crippen molar-refractivity contribution in [1.82, 2.24) is 5.32 Å². The van der Waals surface area contributed by atoms with E-state index in [1.54, 1.807) is 20.8 Å². The van der Waals surface area contributed by atoms with Gasteiger partial charge in [0.15, 0.2) is 6.29 Å².